The van der Waals surface area contributed by atoms with Gasteiger partial charge < -0.3 is 10.3 Å². The molecule has 0 aliphatic carbocycles. The lowest BCUT2D eigenvalue weighted by molar-refractivity contribution is 0.0954. The Labute approximate surface area is 104 Å². The molecule has 2 aromatic heterocycles. The number of H-pyrrole nitrogens is 1. The Morgan fingerprint density at radius 1 is 1.39 bits per heavy atom. The van der Waals surface area contributed by atoms with Gasteiger partial charge in [0.25, 0.3) is 5.91 Å². The third-order valence-electron chi connectivity index (χ3n) is 2.46. The Morgan fingerprint density at radius 2 is 2.28 bits per heavy atom. The molecule has 0 radical (unpaired) electrons. The minimum atomic E-state index is -0.282. The zero-order valence-electron chi connectivity index (χ0n) is 9.72. The fourth-order valence-corrected chi connectivity index (χ4v) is 1.55. The first kappa shape index (κ1) is 12.0. The van der Waals surface area contributed by atoms with Gasteiger partial charge in [0.1, 0.15) is 0 Å². The predicted octanol–water partition coefficient (Wildman–Crippen LogP) is 0.742. The van der Waals surface area contributed by atoms with E-state index in [-0.39, 0.29) is 11.5 Å². The second kappa shape index (κ2) is 5.77. The molecule has 1 amide bonds. The van der Waals surface area contributed by atoms with Crippen molar-refractivity contribution in [3.8, 4) is 0 Å². The van der Waals surface area contributed by atoms with Crippen molar-refractivity contribution < 1.29 is 4.79 Å². The highest BCUT2D eigenvalue weighted by atomic mass is 16.2. The molecule has 2 aromatic rings. The smallest absolute Gasteiger partial charge is 0.251 e. The van der Waals surface area contributed by atoms with Crippen molar-refractivity contribution in [1.29, 1.82) is 0 Å². The van der Waals surface area contributed by atoms with Crippen molar-refractivity contribution in [2.24, 2.45) is 0 Å². The summed E-state index contributed by atoms with van der Waals surface area (Å²) in [5.74, 6) is -0.245. The molecule has 0 aromatic carbocycles. The van der Waals surface area contributed by atoms with Crippen molar-refractivity contribution in [3.05, 3.63) is 64.3 Å². The van der Waals surface area contributed by atoms with Crippen LogP contribution in [0.25, 0.3) is 0 Å². The number of carbonyl (C=O) groups excluding carboxylic acids is 1. The normalized spacial score (nSPS) is 10.0. The second-order valence-electron chi connectivity index (χ2n) is 3.81. The molecule has 2 N–H and O–H groups in total. The highest BCUT2D eigenvalue weighted by Crippen LogP contribution is 1.97. The van der Waals surface area contributed by atoms with Gasteiger partial charge >= 0.3 is 0 Å². The number of hydrogen-bond acceptors (Lipinski definition) is 3. The van der Waals surface area contributed by atoms with E-state index >= 15 is 0 Å². The molecule has 0 fully saturated rings. The summed E-state index contributed by atoms with van der Waals surface area (Å²) >= 11 is 0. The van der Waals surface area contributed by atoms with Crippen LogP contribution in [0.3, 0.4) is 0 Å². The molecule has 0 bridgehead atoms. The van der Waals surface area contributed by atoms with Crippen LogP contribution in [0.4, 0.5) is 0 Å². The summed E-state index contributed by atoms with van der Waals surface area (Å²) in [4.78, 5) is 29.2. The molecule has 18 heavy (non-hydrogen) atoms. The first-order chi connectivity index (χ1) is 8.75. The largest absolute Gasteiger partial charge is 0.352 e. The highest BCUT2D eigenvalue weighted by molar-refractivity contribution is 5.93. The molecule has 5 nitrogen and oxygen atoms in total. The lowest BCUT2D eigenvalue weighted by Gasteiger charge is -2.04. The van der Waals surface area contributed by atoms with Crippen molar-refractivity contribution in [3.63, 3.8) is 0 Å². The number of rotatable bonds is 4. The summed E-state index contributed by atoms with van der Waals surface area (Å²) in [6, 6.07) is 6.65. The van der Waals surface area contributed by atoms with Crippen LogP contribution < -0.4 is 10.9 Å². The van der Waals surface area contributed by atoms with Gasteiger partial charge in [0.05, 0.1) is 0 Å². The second-order valence-corrected chi connectivity index (χ2v) is 3.81. The van der Waals surface area contributed by atoms with Gasteiger partial charge in [0, 0.05) is 36.8 Å². The first-order valence-corrected chi connectivity index (χ1v) is 5.61. The molecular weight excluding hydrogens is 230 g/mol. The van der Waals surface area contributed by atoms with Crippen LogP contribution in [-0.4, -0.2) is 22.4 Å². The fourth-order valence-electron chi connectivity index (χ4n) is 1.55. The molecule has 5 heteroatoms. The number of pyridine rings is 2. The summed E-state index contributed by atoms with van der Waals surface area (Å²) < 4.78 is 0. The molecular formula is C13H13N3O2. The van der Waals surface area contributed by atoms with Crippen LogP contribution in [0, 0.1) is 0 Å². The zero-order valence-corrected chi connectivity index (χ0v) is 9.72. The average molecular weight is 243 g/mol. The molecule has 2 rings (SSSR count). The van der Waals surface area contributed by atoms with Gasteiger partial charge in [-0.05, 0) is 24.1 Å². The van der Waals surface area contributed by atoms with Crippen LogP contribution in [-0.2, 0) is 6.42 Å². The molecule has 0 saturated heterocycles. The molecule has 0 aliphatic rings. The van der Waals surface area contributed by atoms with Crippen molar-refractivity contribution in [2.45, 2.75) is 6.42 Å². The van der Waals surface area contributed by atoms with Gasteiger partial charge in [-0.1, -0.05) is 6.07 Å². The number of hydrogen-bond donors (Lipinski definition) is 2. The van der Waals surface area contributed by atoms with Crippen molar-refractivity contribution in [1.82, 2.24) is 15.3 Å². The van der Waals surface area contributed by atoms with Crippen molar-refractivity contribution in [2.75, 3.05) is 6.54 Å². The van der Waals surface area contributed by atoms with Crippen LogP contribution in [0.1, 0.15) is 15.9 Å². The Balaban J connectivity index is 1.87. The van der Waals surface area contributed by atoms with E-state index in [1.165, 1.54) is 12.3 Å². The third-order valence-corrected chi connectivity index (χ3v) is 2.46. The van der Waals surface area contributed by atoms with E-state index in [9.17, 15) is 9.59 Å². The van der Waals surface area contributed by atoms with Crippen molar-refractivity contribution >= 4 is 5.91 Å². The zero-order chi connectivity index (χ0) is 12.8. The van der Waals surface area contributed by atoms with Gasteiger partial charge in [-0.3, -0.25) is 14.6 Å². The minimum Gasteiger partial charge on any atom is -0.352 e. The van der Waals surface area contributed by atoms with Gasteiger partial charge in [0.2, 0.25) is 5.56 Å². The molecule has 0 unspecified atom stereocenters. The molecule has 2 heterocycles. The van der Waals surface area contributed by atoms with Gasteiger partial charge in [-0.15, -0.1) is 0 Å². The number of carbonyl (C=O) groups is 1. The molecule has 0 saturated carbocycles. The Morgan fingerprint density at radius 3 is 3.00 bits per heavy atom. The lowest BCUT2D eigenvalue weighted by atomic mass is 10.2. The Bertz CT molecular complexity index is 578. The van der Waals surface area contributed by atoms with E-state index in [1.807, 2.05) is 12.1 Å². The van der Waals surface area contributed by atoms with Crippen LogP contribution in [0.5, 0.6) is 0 Å². The minimum absolute atomic E-state index is 0.245. The summed E-state index contributed by atoms with van der Waals surface area (Å²) in [6.45, 7) is 0.511. The van der Waals surface area contributed by atoms with Crippen LogP contribution in [0.15, 0.2) is 47.7 Å². The Kier molecular flexibility index (Phi) is 3.86. The maximum atomic E-state index is 11.7. The number of aromatic nitrogens is 2. The standard InChI is InChI=1S/C13H13N3O2/c17-12-8-11(4-7-15-12)13(18)16-6-3-10-2-1-5-14-9-10/h1-2,4-5,7-9H,3,6H2,(H,15,17)(H,16,18). The van der Waals surface area contributed by atoms with Crippen LogP contribution >= 0.6 is 0 Å². The fraction of sp³-hybridized carbons (Fsp3) is 0.154. The predicted molar refractivity (Wildman–Crippen MR) is 67.3 cm³/mol. The van der Waals surface area contributed by atoms with Gasteiger partial charge in [-0.25, -0.2) is 0 Å². The van der Waals surface area contributed by atoms with Gasteiger partial charge in [-0.2, -0.15) is 0 Å². The SMILES string of the molecule is O=C(NCCc1cccnc1)c1cc[nH]c(=O)c1. The van der Waals surface area contributed by atoms with E-state index in [0.717, 1.165) is 5.56 Å². The quantitative estimate of drug-likeness (QED) is 0.831. The molecule has 92 valence electrons. The number of amides is 1. The van der Waals surface area contributed by atoms with Crippen LogP contribution in [0.2, 0.25) is 0 Å². The Hall–Kier alpha value is -2.43. The summed E-state index contributed by atoms with van der Waals surface area (Å²) in [6.07, 6.45) is 5.64. The van der Waals surface area contributed by atoms with E-state index in [2.05, 4.69) is 15.3 Å². The van der Waals surface area contributed by atoms with E-state index in [0.29, 0.717) is 18.5 Å². The number of nitrogens with zero attached hydrogens (tertiary/aromatic N) is 1. The first-order valence-electron chi connectivity index (χ1n) is 5.61. The maximum absolute atomic E-state index is 11.7. The average Bonchev–Trinajstić information content (AvgIpc) is 2.40. The number of nitrogens with one attached hydrogen (secondary N) is 2. The van der Waals surface area contributed by atoms with E-state index in [1.54, 1.807) is 18.5 Å². The maximum Gasteiger partial charge on any atom is 0.251 e. The summed E-state index contributed by atoms with van der Waals surface area (Å²) in [7, 11) is 0. The summed E-state index contributed by atoms with van der Waals surface area (Å²) in [5, 5.41) is 2.76. The topological polar surface area (TPSA) is 74.8 Å². The lowest BCUT2D eigenvalue weighted by Crippen LogP contribution is -2.26. The molecule has 0 spiro atoms. The van der Waals surface area contributed by atoms with E-state index in [4.69, 9.17) is 0 Å². The molecule has 0 aliphatic heterocycles. The third kappa shape index (κ3) is 3.28. The number of aromatic amines is 1. The summed E-state index contributed by atoms with van der Waals surface area (Å²) in [5.41, 5.74) is 1.14. The van der Waals surface area contributed by atoms with Gasteiger partial charge in [0.15, 0.2) is 0 Å². The highest BCUT2D eigenvalue weighted by Gasteiger charge is 2.04. The monoisotopic (exact) mass is 243 g/mol. The molecule has 0 atom stereocenters. The van der Waals surface area contributed by atoms with E-state index < -0.39 is 0 Å².